The number of ether oxygens (including phenoxy) is 1. The summed E-state index contributed by atoms with van der Waals surface area (Å²) >= 11 is 0. The topological polar surface area (TPSA) is 9.23 Å². The van der Waals surface area contributed by atoms with Crippen molar-refractivity contribution >= 4 is 21.5 Å². The third-order valence-corrected chi connectivity index (χ3v) is 6.00. The van der Waals surface area contributed by atoms with E-state index in [1.54, 1.807) is 0 Å². The summed E-state index contributed by atoms with van der Waals surface area (Å²) in [6.45, 7) is 0. The molecule has 0 saturated heterocycles. The lowest BCUT2D eigenvalue weighted by molar-refractivity contribution is 0.407. The molecule has 0 amide bonds. The number of methoxy groups -OCH3 is 1. The van der Waals surface area contributed by atoms with Gasteiger partial charge in [0.1, 0.15) is 34.8 Å². The first-order valence-electron chi connectivity index (χ1n) is 10.4. The molecule has 0 fully saturated rings. The molecule has 0 heterocycles. The van der Waals surface area contributed by atoms with Gasteiger partial charge in [0.2, 0.25) is 0 Å². The number of hydrogen-bond acceptors (Lipinski definition) is 1. The number of fused-ring (bicyclic) bond motifs is 2. The second kappa shape index (κ2) is 8.72. The fourth-order valence-electron chi connectivity index (χ4n) is 4.48. The highest BCUT2D eigenvalue weighted by Crippen LogP contribution is 2.49. The number of rotatable bonds is 3. The first-order chi connectivity index (χ1) is 17.6. The summed E-state index contributed by atoms with van der Waals surface area (Å²) in [4.78, 5) is 0. The average molecular weight is 522 g/mol. The zero-order valence-corrected chi connectivity index (χ0v) is 18.4. The van der Waals surface area contributed by atoms with E-state index in [0.29, 0.717) is 18.2 Å². The SMILES string of the molecule is COc1cc(F)c(-c2c3c(F)cccc3c(-c3ccc(F)cc3F)c3c(F)c(F)c(F)c(F)c23)c(F)c1. The minimum Gasteiger partial charge on any atom is -0.497 e. The van der Waals surface area contributed by atoms with Crippen molar-refractivity contribution in [3.8, 4) is 28.0 Å². The summed E-state index contributed by atoms with van der Waals surface area (Å²) in [6, 6.07) is 6.24. The van der Waals surface area contributed by atoms with Crippen LogP contribution < -0.4 is 4.74 Å². The molecule has 0 N–H and O–H groups in total. The van der Waals surface area contributed by atoms with Crippen LogP contribution in [0.15, 0.2) is 48.5 Å². The second-order valence-electron chi connectivity index (χ2n) is 8.01. The van der Waals surface area contributed by atoms with Crippen LogP contribution in [0.5, 0.6) is 5.75 Å². The summed E-state index contributed by atoms with van der Waals surface area (Å²) in [5, 5.41) is -3.58. The van der Waals surface area contributed by atoms with Crippen LogP contribution >= 0.6 is 0 Å². The van der Waals surface area contributed by atoms with E-state index in [1.165, 1.54) is 0 Å². The third kappa shape index (κ3) is 3.58. The molecular weight excluding hydrogens is 511 g/mol. The Morgan fingerprint density at radius 2 is 1.11 bits per heavy atom. The number of hydrogen-bond donors (Lipinski definition) is 0. The molecule has 1 nitrogen and oxygen atoms in total. The van der Waals surface area contributed by atoms with E-state index in [9.17, 15) is 17.6 Å². The van der Waals surface area contributed by atoms with Gasteiger partial charge in [-0.05, 0) is 23.6 Å². The van der Waals surface area contributed by atoms with Crippen molar-refractivity contribution in [2.24, 2.45) is 0 Å². The molecule has 0 aliphatic carbocycles. The Kier molecular flexibility index (Phi) is 5.77. The van der Waals surface area contributed by atoms with Crippen molar-refractivity contribution in [2.75, 3.05) is 7.11 Å². The molecule has 37 heavy (non-hydrogen) atoms. The van der Waals surface area contributed by atoms with Crippen molar-refractivity contribution in [2.45, 2.75) is 0 Å². The van der Waals surface area contributed by atoms with Crippen LogP contribution in [0, 0.1) is 52.4 Å². The zero-order valence-electron chi connectivity index (χ0n) is 18.4. The van der Waals surface area contributed by atoms with Crippen LogP contribution in [0.1, 0.15) is 0 Å². The maximum atomic E-state index is 15.4. The highest BCUT2D eigenvalue weighted by molar-refractivity contribution is 6.22. The van der Waals surface area contributed by atoms with Gasteiger partial charge in [0.15, 0.2) is 23.3 Å². The van der Waals surface area contributed by atoms with E-state index in [2.05, 4.69) is 0 Å². The molecule has 5 aromatic rings. The first kappa shape index (κ1) is 24.5. The number of halogens is 9. The van der Waals surface area contributed by atoms with Crippen molar-refractivity contribution in [3.05, 3.63) is 101 Å². The van der Waals surface area contributed by atoms with E-state index in [4.69, 9.17) is 4.74 Å². The highest BCUT2D eigenvalue weighted by Gasteiger charge is 2.32. The molecule has 0 spiro atoms. The predicted octanol–water partition coefficient (Wildman–Crippen LogP) is 8.59. The van der Waals surface area contributed by atoms with Crippen LogP contribution in [-0.4, -0.2) is 7.11 Å². The lowest BCUT2D eigenvalue weighted by Gasteiger charge is -2.20. The molecule has 5 aromatic carbocycles. The minimum absolute atomic E-state index is 0.318. The standard InChI is InChI=1S/C27H11F9O/c1-37-11-8-16(31)20(17(32)9-11)21-19-13(3-2-4-14(19)29)18(12-6-5-10(28)7-15(12)30)22-23(21)25(34)27(36)26(35)24(22)33/h2-9H,1H3. The normalized spacial score (nSPS) is 11.5. The lowest BCUT2D eigenvalue weighted by Crippen LogP contribution is -2.05. The summed E-state index contributed by atoms with van der Waals surface area (Å²) in [5.41, 5.74) is -3.40. The van der Waals surface area contributed by atoms with Crippen LogP contribution in [0.2, 0.25) is 0 Å². The lowest BCUT2D eigenvalue weighted by atomic mass is 9.84. The highest BCUT2D eigenvalue weighted by atomic mass is 19.2. The molecule has 10 heteroatoms. The van der Waals surface area contributed by atoms with Crippen LogP contribution in [0.25, 0.3) is 43.8 Å². The zero-order chi connectivity index (χ0) is 26.8. The van der Waals surface area contributed by atoms with Gasteiger partial charge < -0.3 is 4.74 Å². The summed E-state index contributed by atoms with van der Waals surface area (Å²) in [5.74, 6) is -15.6. The summed E-state index contributed by atoms with van der Waals surface area (Å²) in [6.07, 6.45) is 0. The quantitative estimate of drug-likeness (QED) is 0.0998. The van der Waals surface area contributed by atoms with Gasteiger partial charge in [-0.3, -0.25) is 0 Å². The predicted molar refractivity (Wildman–Crippen MR) is 119 cm³/mol. The maximum Gasteiger partial charge on any atom is 0.198 e. The monoisotopic (exact) mass is 522 g/mol. The molecule has 188 valence electrons. The molecule has 5 rings (SSSR count). The molecule has 0 aliphatic heterocycles. The minimum atomic E-state index is -2.35. The summed E-state index contributed by atoms with van der Waals surface area (Å²) in [7, 11) is 1.09. The largest absolute Gasteiger partial charge is 0.497 e. The van der Waals surface area contributed by atoms with Crippen molar-refractivity contribution in [1.29, 1.82) is 0 Å². The molecule has 0 atom stereocenters. The third-order valence-electron chi connectivity index (χ3n) is 6.00. The molecule has 0 unspecified atom stereocenters. The van der Waals surface area contributed by atoms with E-state index in [-0.39, 0.29) is 5.75 Å². The van der Waals surface area contributed by atoms with Gasteiger partial charge in [-0.1, -0.05) is 12.1 Å². The molecule has 0 aliphatic rings. The fourth-order valence-corrected chi connectivity index (χ4v) is 4.48. The first-order valence-corrected chi connectivity index (χ1v) is 10.4. The molecule has 0 bridgehead atoms. The van der Waals surface area contributed by atoms with Gasteiger partial charge in [0.05, 0.1) is 12.7 Å². The second-order valence-corrected chi connectivity index (χ2v) is 8.01. The van der Waals surface area contributed by atoms with Crippen LogP contribution in [0.3, 0.4) is 0 Å². The van der Waals surface area contributed by atoms with E-state index in [1.807, 2.05) is 0 Å². The van der Waals surface area contributed by atoms with Crippen molar-refractivity contribution in [1.82, 2.24) is 0 Å². The van der Waals surface area contributed by atoms with E-state index >= 15 is 22.0 Å². The number of benzene rings is 5. The van der Waals surface area contributed by atoms with E-state index < -0.39 is 96.2 Å². The fraction of sp³-hybridized carbons (Fsp3) is 0.0370. The molecule has 0 saturated carbocycles. The van der Waals surface area contributed by atoms with Crippen LogP contribution in [0.4, 0.5) is 39.5 Å². The Morgan fingerprint density at radius 3 is 1.68 bits per heavy atom. The van der Waals surface area contributed by atoms with Crippen LogP contribution in [-0.2, 0) is 0 Å². The molecular formula is C27H11F9O. The van der Waals surface area contributed by atoms with Gasteiger partial charge >= 0.3 is 0 Å². The van der Waals surface area contributed by atoms with Gasteiger partial charge in [-0.2, -0.15) is 0 Å². The van der Waals surface area contributed by atoms with Crippen molar-refractivity contribution < 1.29 is 44.3 Å². The Labute approximate surface area is 202 Å². The smallest absolute Gasteiger partial charge is 0.198 e. The van der Waals surface area contributed by atoms with Gasteiger partial charge in [-0.25, -0.2) is 39.5 Å². The van der Waals surface area contributed by atoms with Gasteiger partial charge in [0, 0.05) is 51.0 Å². The summed E-state index contributed by atoms with van der Waals surface area (Å²) < 4.78 is 139. The maximum absolute atomic E-state index is 15.4. The Balaban J connectivity index is 2.16. The van der Waals surface area contributed by atoms with Crippen molar-refractivity contribution in [3.63, 3.8) is 0 Å². The Bertz CT molecular complexity index is 1740. The van der Waals surface area contributed by atoms with E-state index in [0.717, 1.165) is 37.4 Å². The Morgan fingerprint density at radius 1 is 0.514 bits per heavy atom. The molecule has 0 aromatic heterocycles. The average Bonchev–Trinajstić information content (AvgIpc) is 2.85. The van der Waals surface area contributed by atoms with Gasteiger partial charge in [0.25, 0.3) is 0 Å². The van der Waals surface area contributed by atoms with Gasteiger partial charge in [-0.15, -0.1) is 0 Å². The molecule has 0 radical (unpaired) electrons. The Hall–Kier alpha value is -4.21.